The summed E-state index contributed by atoms with van der Waals surface area (Å²) >= 11 is 0. The van der Waals surface area contributed by atoms with E-state index in [2.05, 4.69) is 22.6 Å². The predicted octanol–water partition coefficient (Wildman–Crippen LogP) is 3.26. The molecule has 1 heterocycles. The molecular formula is C15H14N4. The molecule has 0 N–H and O–H groups in total. The summed E-state index contributed by atoms with van der Waals surface area (Å²) in [7, 11) is 0. The van der Waals surface area contributed by atoms with Crippen LogP contribution < -0.4 is 0 Å². The highest BCUT2D eigenvalue weighted by Crippen LogP contribution is 2.15. The number of nitrogens with zero attached hydrogens (tertiary/aromatic N) is 4. The second-order valence-corrected chi connectivity index (χ2v) is 4.03. The molecule has 2 rings (SSSR count). The summed E-state index contributed by atoms with van der Waals surface area (Å²) in [4.78, 5) is 8.76. The van der Waals surface area contributed by atoms with Crippen molar-refractivity contribution in [2.75, 3.05) is 0 Å². The Kier molecular flexibility index (Phi) is 3.58. The fourth-order valence-electron chi connectivity index (χ4n) is 1.71. The number of aliphatic imine (C=N–C) groups is 1. The lowest BCUT2D eigenvalue weighted by Gasteiger charge is -2.04. The van der Waals surface area contributed by atoms with Crippen LogP contribution in [0.25, 0.3) is 11.0 Å². The van der Waals surface area contributed by atoms with Gasteiger partial charge in [0.2, 0.25) is 0 Å². The lowest BCUT2D eigenvalue weighted by Crippen LogP contribution is -2.07. The van der Waals surface area contributed by atoms with E-state index in [1.165, 1.54) is 0 Å². The van der Waals surface area contributed by atoms with Gasteiger partial charge in [-0.05, 0) is 38.1 Å². The van der Waals surface area contributed by atoms with Crippen molar-refractivity contribution < 1.29 is 0 Å². The zero-order valence-corrected chi connectivity index (χ0v) is 11.0. The van der Waals surface area contributed by atoms with Crippen molar-refractivity contribution >= 4 is 16.9 Å². The Hall–Kier alpha value is -2.67. The molecule has 0 saturated heterocycles. The van der Waals surface area contributed by atoms with Crippen LogP contribution in [-0.2, 0) is 0 Å². The second-order valence-electron chi connectivity index (χ2n) is 4.03. The van der Waals surface area contributed by atoms with Crippen LogP contribution in [0.4, 0.5) is 0 Å². The van der Waals surface area contributed by atoms with E-state index in [1.54, 1.807) is 24.5 Å². The van der Waals surface area contributed by atoms with E-state index < -0.39 is 0 Å². The lowest BCUT2D eigenvalue weighted by molar-refractivity contribution is 1.14. The fourth-order valence-corrected chi connectivity index (χ4v) is 1.71. The highest BCUT2D eigenvalue weighted by atomic mass is 15.1. The number of aromatic nitrogens is 2. The number of fused-ring (bicyclic) bond motifs is 1. The first-order valence-electron chi connectivity index (χ1n) is 5.91. The molecule has 0 aliphatic heterocycles. The van der Waals surface area contributed by atoms with Gasteiger partial charge in [-0.25, -0.2) is 9.98 Å². The molecule has 0 bridgehead atoms. The molecule has 0 saturated carbocycles. The maximum atomic E-state index is 8.88. The minimum absolute atomic E-state index is 0.597. The Morgan fingerprint density at radius 1 is 1.53 bits per heavy atom. The first-order chi connectivity index (χ1) is 9.19. The zero-order valence-electron chi connectivity index (χ0n) is 11.0. The monoisotopic (exact) mass is 250 g/mol. The number of benzene rings is 1. The van der Waals surface area contributed by atoms with Crippen molar-refractivity contribution in [2.45, 2.75) is 13.8 Å². The third kappa shape index (κ3) is 2.45. The van der Waals surface area contributed by atoms with Crippen molar-refractivity contribution in [3.05, 3.63) is 54.5 Å². The van der Waals surface area contributed by atoms with Gasteiger partial charge in [-0.2, -0.15) is 5.26 Å². The molecule has 1 aromatic carbocycles. The van der Waals surface area contributed by atoms with Crippen LogP contribution >= 0.6 is 0 Å². The molecule has 0 aliphatic carbocycles. The van der Waals surface area contributed by atoms with Gasteiger partial charge in [0.15, 0.2) is 0 Å². The Morgan fingerprint density at radius 2 is 2.32 bits per heavy atom. The molecule has 0 atom stereocenters. The van der Waals surface area contributed by atoms with Gasteiger partial charge in [0.25, 0.3) is 0 Å². The fraction of sp³-hybridized carbons (Fsp3) is 0.133. The van der Waals surface area contributed by atoms with Gasteiger partial charge in [-0.15, -0.1) is 0 Å². The van der Waals surface area contributed by atoms with Crippen LogP contribution in [0.5, 0.6) is 0 Å². The molecule has 0 unspecified atom stereocenters. The van der Waals surface area contributed by atoms with Crippen LogP contribution in [0, 0.1) is 11.3 Å². The summed E-state index contributed by atoms with van der Waals surface area (Å²) < 4.78 is 1.86. The van der Waals surface area contributed by atoms with E-state index in [9.17, 15) is 0 Å². The van der Waals surface area contributed by atoms with E-state index >= 15 is 0 Å². The van der Waals surface area contributed by atoms with E-state index in [0.717, 1.165) is 16.7 Å². The zero-order chi connectivity index (χ0) is 13.8. The molecule has 0 fully saturated rings. The van der Waals surface area contributed by atoms with Crippen molar-refractivity contribution in [3.8, 4) is 6.07 Å². The van der Waals surface area contributed by atoms with Gasteiger partial charge in [-0.3, -0.25) is 4.57 Å². The third-order valence-corrected chi connectivity index (χ3v) is 2.81. The van der Waals surface area contributed by atoms with Crippen LogP contribution in [0.2, 0.25) is 0 Å². The van der Waals surface area contributed by atoms with Gasteiger partial charge in [0, 0.05) is 5.70 Å². The predicted molar refractivity (Wildman–Crippen MR) is 76.9 cm³/mol. The number of nitriles is 1. The van der Waals surface area contributed by atoms with E-state index in [1.807, 2.05) is 30.6 Å². The molecule has 2 aromatic rings. The topological polar surface area (TPSA) is 54.0 Å². The van der Waals surface area contributed by atoms with Gasteiger partial charge in [0.05, 0.1) is 22.7 Å². The van der Waals surface area contributed by atoms with Crippen LogP contribution in [0.3, 0.4) is 0 Å². The van der Waals surface area contributed by atoms with Crippen molar-refractivity contribution in [3.63, 3.8) is 0 Å². The summed E-state index contributed by atoms with van der Waals surface area (Å²) in [6, 6.07) is 7.50. The molecule has 4 nitrogen and oxygen atoms in total. The first-order valence-corrected chi connectivity index (χ1v) is 5.91. The van der Waals surface area contributed by atoms with Crippen molar-refractivity contribution in [1.29, 1.82) is 5.26 Å². The molecule has 0 radical (unpaired) electrons. The molecule has 4 heteroatoms. The van der Waals surface area contributed by atoms with E-state index in [-0.39, 0.29) is 0 Å². The maximum Gasteiger partial charge on any atom is 0.137 e. The normalized spacial score (nSPS) is 12.5. The molecule has 19 heavy (non-hydrogen) atoms. The maximum absolute atomic E-state index is 8.88. The van der Waals surface area contributed by atoms with Crippen LogP contribution in [-0.4, -0.2) is 15.4 Å². The summed E-state index contributed by atoms with van der Waals surface area (Å²) in [6.45, 7) is 7.65. The summed E-state index contributed by atoms with van der Waals surface area (Å²) in [5, 5.41) is 8.88. The van der Waals surface area contributed by atoms with E-state index in [0.29, 0.717) is 11.4 Å². The highest BCUT2D eigenvalue weighted by Gasteiger charge is 2.06. The van der Waals surface area contributed by atoms with Gasteiger partial charge in [0.1, 0.15) is 12.2 Å². The molecule has 94 valence electrons. The number of hydrogen-bond acceptors (Lipinski definition) is 3. The lowest BCUT2D eigenvalue weighted by atomic mass is 10.2. The second kappa shape index (κ2) is 5.32. The molecule has 0 aliphatic rings. The van der Waals surface area contributed by atoms with Crippen LogP contribution in [0.15, 0.2) is 53.9 Å². The third-order valence-electron chi connectivity index (χ3n) is 2.81. The number of hydrogen-bond donors (Lipinski definition) is 0. The Morgan fingerprint density at radius 3 is 2.95 bits per heavy atom. The van der Waals surface area contributed by atoms with Gasteiger partial charge < -0.3 is 0 Å². The van der Waals surface area contributed by atoms with Crippen LogP contribution in [0.1, 0.15) is 19.4 Å². The number of imidazole rings is 1. The summed E-state index contributed by atoms with van der Waals surface area (Å²) in [5.74, 6) is 0.711. The van der Waals surface area contributed by atoms with Gasteiger partial charge >= 0.3 is 0 Å². The first kappa shape index (κ1) is 12.8. The number of allylic oxidation sites excluding steroid dienone is 3. The smallest absolute Gasteiger partial charge is 0.137 e. The van der Waals surface area contributed by atoms with Crippen molar-refractivity contribution in [2.24, 2.45) is 4.99 Å². The largest absolute Gasteiger partial charge is 0.283 e. The quantitative estimate of drug-likeness (QED) is 0.606. The average Bonchev–Trinajstić information content (AvgIpc) is 2.87. The Labute approximate surface area is 112 Å². The molecular weight excluding hydrogens is 236 g/mol. The molecule has 1 aromatic heterocycles. The average molecular weight is 250 g/mol. The number of rotatable bonds is 2. The molecule has 0 amide bonds. The standard InChI is InChI=1S/C15H14N4/c1-4-11(3)18-15(5-2)19-10-17-13-8-12(9-16)6-7-14(13)19/h4-8,10H,2H2,1,3H3/b11-4-,18-15?. The molecule has 0 spiro atoms. The minimum atomic E-state index is 0.597. The Bertz CT molecular complexity index is 726. The summed E-state index contributed by atoms with van der Waals surface area (Å²) in [5.41, 5.74) is 3.18. The SMILES string of the molecule is C=CC(=N/C(C)=C\C)n1cnc2cc(C#N)ccc21. The summed E-state index contributed by atoms with van der Waals surface area (Å²) in [6.07, 6.45) is 5.30. The van der Waals surface area contributed by atoms with Gasteiger partial charge in [-0.1, -0.05) is 12.7 Å². The highest BCUT2D eigenvalue weighted by molar-refractivity contribution is 6.00. The van der Waals surface area contributed by atoms with E-state index in [4.69, 9.17) is 5.26 Å². The van der Waals surface area contributed by atoms with Crippen molar-refractivity contribution in [1.82, 2.24) is 9.55 Å². The Balaban J connectivity index is 2.60. The minimum Gasteiger partial charge on any atom is -0.283 e.